The fraction of sp³-hybridized carbons (Fsp3) is 0.282. The normalized spacial score (nSPS) is 16.9. The summed E-state index contributed by atoms with van der Waals surface area (Å²) < 4.78 is 2.28. The van der Waals surface area contributed by atoms with Crippen LogP contribution in [0.3, 0.4) is 0 Å². The average molecular weight is 570 g/mol. The third-order valence-electron chi connectivity index (χ3n) is 8.53. The van der Waals surface area contributed by atoms with Gasteiger partial charge in [0.2, 0.25) is 0 Å². The maximum atomic E-state index is 13.7. The molecular formula is C39H39NO3. The van der Waals surface area contributed by atoms with Crippen LogP contribution in [0.2, 0.25) is 0 Å². The van der Waals surface area contributed by atoms with Crippen LogP contribution in [0.15, 0.2) is 84.5 Å². The van der Waals surface area contributed by atoms with Crippen LogP contribution >= 0.6 is 0 Å². The number of carbonyl (C=O) groups is 2. The molecule has 1 aliphatic carbocycles. The van der Waals surface area contributed by atoms with Crippen LogP contribution in [0.25, 0.3) is 34.0 Å². The molecule has 1 aliphatic rings. The summed E-state index contributed by atoms with van der Waals surface area (Å²) >= 11 is 0. The van der Waals surface area contributed by atoms with E-state index >= 15 is 0 Å². The predicted octanol–water partition coefficient (Wildman–Crippen LogP) is 8.70. The third-order valence-corrected chi connectivity index (χ3v) is 8.53. The van der Waals surface area contributed by atoms with Gasteiger partial charge in [0.25, 0.3) is 0 Å². The van der Waals surface area contributed by atoms with Gasteiger partial charge in [-0.05, 0) is 96.9 Å². The van der Waals surface area contributed by atoms with E-state index in [0.29, 0.717) is 6.42 Å². The zero-order valence-corrected chi connectivity index (χ0v) is 25.5. The number of aromatic nitrogens is 1. The summed E-state index contributed by atoms with van der Waals surface area (Å²) in [5.41, 5.74) is 4.70. The molecule has 1 unspecified atom stereocenters. The van der Waals surface area contributed by atoms with E-state index in [1.165, 1.54) is 12.2 Å². The van der Waals surface area contributed by atoms with Gasteiger partial charge in [-0.1, -0.05) is 69.2 Å². The summed E-state index contributed by atoms with van der Waals surface area (Å²) in [5, 5.41) is 12.3. The molecule has 0 saturated heterocycles. The maximum absolute atomic E-state index is 13.7. The van der Waals surface area contributed by atoms with Crippen molar-refractivity contribution in [3.05, 3.63) is 101 Å². The Morgan fingerprint density at radius 3 is 2.49 bits per heavy atom. The lowest BCUT2D eigenvalue weighted by Crippen LogP contribution is -2.21. The van der Waals surface area contributed by atoms with Crippen LogP contribution in [-0.4, -0.2) is 21.2 Å². The first-order valence-corrected chi connectivity index (χ1v) is 15.2. The number of rotatable bonds is 9. The van der Waals surface area contributed by atoms with Crippen LogP contribution in [0, 0.1) is 23.2 Å². The van der Waals surface area contributed by atoms with E-state index in [9.17, 15) is 14.7 Å². The molecule has 1 aromatic heterocycles. The monoisotopic (exact) mass is 569 g/mol. The summed E-state index contributed by atoms with van der Waals surface area (Å²) in [7, 11) is 0. The molecule has 0 fully saturated rings. The van der Waals surface area contributed by atoms with Crippen molar-refractivity contribution in [3.8, 4) is 17.6 Å². The summed E-state index contributed by atoms with van der Waals surface area (Å²) in [6.07, 6.45) is 11.8. The molecule has 1 N–H and O–H groups in total. The van der Waals surface area contributed by atoms with Gasteiger partial charge in [0.05, 0.1) is 5.57 Å². The van der Waals surface area contributed by atoms with Gasteiger partial charge in [-0.2, -0.15) is 0 Å². The molecule has 5 rings (SSSR count). The Morgan fingerprint density at radius 1 is 0.953 bits per heavy atom. The fourth-order valence-electron chi connectivity index (χ4n) is 5.93. The van der Waals surface area contributed by atoms with E-state index in [-0.39, 0.29) is 34.2 Å². The van der Waals surface area contributed by atoms with Gasteiger partial charge in [-0.15, -0.1) is 5.92 Å². The predicted molar refractivity (Wildman–Crippen MR) is 178 cm³/mol. The van der Waals surface area contributed by atoms with Crippen LogP contribution in [0.4, 0.5) is 0 Å². The lowest BCUT2D eigenvalue weighted by molar-refractivity contribution is -0.116. The Bertz CT molecular complexity index is 1850. The number of hydrogen-bond acceptors (Lipinski definition) is 3. The van der Waals surface area contributed by atoms with E-state index in [2.05, 4.69) is 61.4 Å². The quantitative estimate of drug-likeness (QED) is 0.0949. The first-order chi connectivity index (χ1) is 20.7. The second kappa shape index (κ2) is 12.7. The highest BCUT2D eigenvalue weighted by Gasteiger charge is 2.27. The number of phenols is 1. The number of nitrogens with zero attached hydrogens (tertiary/aromatic N) is 1. The van der Waals surface area contributed by atoms with Gasteiger partial charge in [-0.25, -0.2) is 0 Å². The number of allylic oxidation sites excluding steroid dienone is 4. The second-order valence-electron chi connectivity index (χ2n) is 11.9. The first kappa shape index (κ1) is 29.9. The van der Waals surface area contributed by atoms with Crippen LogP contribution < -0.4 is 0 Å². The lowest BCUT2D eigenvalue weighted by Gasteiger charge is -2.27. The number of carbonyl (C=O) groups excluding carboxylic acids is 2. The van der Waals surface area contributed by atoms with Gasteiger partial charge in [0.1, 0.15) is 5.75 Å². The maximum Gasteiger partial charge on any atom is 0.189 e. The molecule has 43 heavy (non-hydrogen) atoms. The molecule has 4 nitrogen and oxygen atoms in total. The second-order valence-corrected chi connectivity index (χ2v) is 11.9. The van der Waals surface area contributed by atoms with Crippen molar-refractivity contribution in [2.75, 3.05) is 0 Å². The van der Waals surface area contributed by atoms with Crippen molar-refractivity contribution in [1.82, 2.24) is 4.57 Å². The lowest BCUT2D eigenvalue weighted by atomic mass is 9.76. The smallest absolute Gasteiger partial charge is 0.189 e. The fourth-order valence-corrected chi connectivity index (χ4v) is 5.93. The molecule has 1 heterocycles. The van der Waals surface area contributed by atoms with Crippen LogP contribution in [-0.2, 0) is 22.6 Å². The highest BCUT2D eigenvalue weighted by atomic mass is 16.3. The molecule has 0 aliphatic heterocycles. The van der Waals surface area contributed by atoms with Gasteiger partial charge in [0.15, 0.2) is 11.6 Å². The number of aromatic hydroxyl groups is 1. The van der Waals surface area contributed by atoms with Crippen molar-refractivity contribution in [3.63, 3.8) is 0 Å². The number of hydrogen-bond donors (Lipinski definition) is 1. The molecule has 1 atom stereocenters. The molecule has 0 spiro atoms. The molecule has 0 bridgehead atoms. The number of para-hydroxylation sites is 1. The minimum atomic E-state index is -0.372. The molecule has 0 saturated carbocycles. The van der Waals surface area contributed by atoms with Crippen molar-refractivity contribution >= 4 is 45.5 Å². The number of fused-ring (bicyclic) bond motifs is 3. The molecule has 0 radical (unpaired) electrons. The summed E-state index contributed by atoms with van der Waals surface area (Å²) in [4.78, 5) is 27.4. The SMILES string of the molecule is CCc1cc(/C=C/C(=O)/C(=C/c2ccc3c(c2)c2ccccc2n3CC)C(=O)/C=C/C2C#CCCCC2(C)C)ccc1O. The van der Waals surface area contributed by atoms with Crippen LogP contribution in [0.5, 0.6) is 5.75 Å². The van der Waals surface area contributed by atoms with E-state index in [0.717, 1.165) is 64.3 Å². The molecule has 3 aromatic carbocycles. The Labute approximate surface area is 254 Å². The number of benzene rings is 3. The third kappa shape index (κ3) is 6.42. The highest BCUT2D eigenvalue weighted by molar-refractivity contribution is 6.30. The van der Waals surface area contributed by atoms with Gasteiger partial charge >= 0.3 is 0 Å². The van der Waals surface area contributed by atoms with Crippen molar-refractivity contribution in [2.45, 2.75) is 59.9 Å². The Kier molecular flexibility index (Phi) is 8.83. The van der Waals surface area contributed by atoms with E-state index in [1.54, 1.807) is 24.3 Å². The number of phenolic OH excluding ortho intramolecular Hbond substituents is 1. The Hall–Kier alpha value is -4.62. The van der Waals surface area contributed by atoms with Gasteiger partial charge < -0.3 is 9.67 Å². The molecule has 4 heteroatoms. The van der Waals surface area contributed by atoms with E-state index < -0.39 is 0 Å². The van der Waals surface area contributed by atoms with Crippen molar-refractivity contribution in [2.24, 2.45) is 11.3 Å². The highest BCUT2D eigenvalue weighted by Crippen LogP contribution is 2.35. The zero-order chi connectivity index (χ0) is 30.6. The summed E-state index contributed by atoms with van der Waals surface area (Å²) in [5.74, 6) is 6.01. The zero-order valence-electron chi connectivity index (χ0n) is 25.5. The number of ketones is 2. The van der Waals surface area contributed by atoms with E-state index in [4.69, 9.17) is 0 Å². The number of aryl methyl sites for hydroxylation is 2. The standard InChI is InChI=1S/C39H39NO3/c1-5-29-24-27(16-20-36(29)41)17-21-37(42)33(38(43)22-18-30-12-8-7-11-23-39(30,3)4)26-28-15-19-35-32(25-28)31-13-9-10-14-34(31)40(35)6-2/h9-10,13-22,24-26,30,41H,5-7,11,23H2,1-4H3/b21-17+,22-18+,33-26-. The largest absolute Gasteiger partial charge is 0.508 e. The average Bonchev–Trinajstić information content (AvgIpc) is 3.22. The Morgan fingerprint density at radius 2 is 1.70 bits per heavy atom. The minimum Gasteiger partial charge on any atom is -0.508 e. The summed E-state index contributed by atoms with van der Waals surface area (Å²) in [6, 6.07) is 19.6. The van der Waals surface area contributed by atoms with Crippen LogP contribution in [0.1, 0.15) is 63.6 Å². The first-order valence-electron chi connectivity index (χ1n) is 15.2. The summed E-state index contributed by atoms with van der Waals surface area (Å²) in [6.45, 7) is 9.30. The molecule has 4 aromatic rings. The topological polar surface area (TPSA) is 59.3 Å². The van der Waals surface area contributed by atoms with E-state index in [1.807, 2.05) is 37.3 Å². The minimum absolute atomic E-state index is 0.0531. The van der Waals surface area contributed by atoms with Gasteiger partial charge in [0, 0.05) is 40.7 Å². The van der Waals surface area contributed by atoms with Crippen molar-refractivity contribution in [1.29, 1.82) is 0 Å². The molecule has 0 amide bonds. The molecule has 218 valence electrons. The Balaban J connectivity index is 1.55. The van der Waals surface area contributed by atoms with Gasteiger partial charge in [-0.3, -0.25) is 9.59 Å². The van der Waals surface area contributed by atoms with Crippen molar-refractivity contribution < 1.29 is 14.7 Å². The molecular weight excluding hydrogens is 530 g/mol.